The zero-order valence-electron chi connectivity index (χ0n) is 17.7. The minimum Gasteiger partial charge on any atom is -0.326 e. The number of anilines is 1. The lowest BCUT2D eigenvalue weighted by Crippen LogP contribution is -2.26. The fourth-order valence-corrected chi connectivity index (χ4v) is 3.52. The molecule has 0 aliphatic rings. The monoisotopic (exact) mass is 451 g/mol. The first-order valence-electron chi connectivity index (χ1n) is 10.3. The van der Waals surface area contributed by atoms with Crippen LogP contribution in [0.3, 0.4) is 0 Å². The summed E-state index contributed by atoms with van der Waals surface area (Å²) < 4.78 is 39.9. The average Bonchev–Trinajstić information content (AvgIpc) is 2.79. The molecule has 0 saturated heterocycles. The second-order valence-electron chi connectivity index (χ2n) is 7.67. The van der Waals surface area contributed by atoms with Crippen molar-refractivity contribution >= 4 is 22.4 Å². The maximum Gasteiger partial charge on any atom is 0.416 e. The van der Waals surface area contributed by atoms with Gasteiger partial charge < -0.3 is 5.32 Å². The van der Waals surface area contributed by atoms with Crippen molar-refractivity contribution in [2.24, 2.45) is 0 Å². The molecule has 0 spiro atoms. The predicted molar refractivity (Wildman–Crippen MR) is 121 cm³/mol. The van der Waals surface area contributed by atoms with Gasteiger partial charge in [0.1, 0.15) is 0 Å². The quantitative estimate of drug-likeness (QED) is 0.441. The van der Waals surface area contributed by atoms with Gasteiger partial charge in [0, 0.05) is 23.1 Å². The Balaban J connectivity index is 1.59. The van der Waals surface area contributed by atoms with E-state index in [1.54, 1.807) is 12.1 Å². The van der Waals surface area contributed by atoms with Crippen molar-refractivity contribution in [2.75, 3.05) is 5.32 Å². The van der Waals surface area contributed by atoms with Gasteiger partial charge >= 0.3 is 6.18 Å². The Labute approximate surface area is 187 Å². The van der Waals surface area contributed by atoms with Gasteiger partial charge in [-0.2, -0.15) is 18.3 Å². The second kappa shape index (κ2) is 8.90. The minimum absolute atomic E-state index is 0.0205. The Hall–Kier alpha value is -3.94. The van der Waals surface area contributed by atoms with Crippen molar-refractivity contribution in [3.8, 4) is 11.3 Å². The molecular weight excluding hydrogens is 431 g/mol. The van der Waals surface area contributed by atoms with Crippen LogP contribution in [0, 0.1) is 6.92 Å². The standard InChI is InChI=1S/C25H20F3N3O2/c1-16-9-11-17(12-10-16)23-20-7-2-3-8-21(20)24(33)31(30-23)14-13-22(32)29-19-6-4-5-18(15-19)25(26,27)28/h2-12,15H,13-14H2,1H3,(H,29,32). The first kappa shape index (κ1) is 22.3. The Morgan fingerprint density at radius 3 is 2.36 bits per heavy atom. The molecule has 5 nitrogen and oxygen atoms in total. The van der Waals surface area contributed by atoms with Gasteiger partial charge in [0.2, 0.25) is 5.91 Å². The molecule has 0 radical (unpaired) electrons. The maximum absolute atomic E-state index is 12.9. The van der Waals surface area contributed by atoms with Gasteiger partial charge in [-0.25, -0.2) is 4.68 Å². The van der Waals surface area contributed by atoms with Crippen LogP contribution in [0.2, 0.25) is 0 Å². The summed E-state index contributed by atoms with van der Waals surface area (Å²) in [7, 11) is 0. The van der Waals surface area contributed by atoms with Gasteiger partial charge in [0.15, 0.2) is 0 Å². The molecule has 1 amide bonds. The number of nitrogens with one attached hydrogen (secondary N) is 1. The first-order valence-corrected chi connectivity index (χ1v) is 10.3. The van der Waals surface area contributed by atoms with E-state index in [0.29, 0.717) is 16.5 Å². The first-order chi connectivity index (χ1) is 15.7. The van der Waals surface area contributed by atoms with Crippen LogP contribution in [0.25, 0.3) is 22.0 Å². The number of halogens is 3. The molecule has 1 N–H and O–H groups in total. The van der Waals surface area contributed by atoms with Crippen LogP contribution in [0.4, 0.5) is 18.9 Å². The summed E-state index contributed by atoms with van der Waals surface area (Å²) >= 11 is 0. The molecule has 0 atom stereocenters. The lowest BCUT2D eigenvalue weighted by molar-refractivity contribution is -0.137. The largest absolute Gasteiger partial charge is 0.416 e. The topological polar surface area (TPSA) is 64.0 Å². The van der Waals surface area contributed by atoms with E-state index in [9.17, 15) is 22.8 Å². The normalized spacial score (nSPS) is 11.5. The van der Waals surface area contributed by atoms with Crippen LogP contribution in [-0.4, -0.2) is 15.7 Å². The zero-order chi connectivity index (χ0) is 23.6. The number of carbonyl (C=O) groups excluding carboxylic acids is 1. The fraction of sp³-hybridized carbons (Fsp3) is 0.160. The number of alkyl halides is 3. The number of amides is 1. The number of aromatic nitrogens is 2. The van der Waals surface area contributed by atoms with Crippen molar-refractivity contribution in [3.05, 3.63) is 94.3 Å². The molecule has 0 fully saturated rings. The van der Waals surface area contributed by atoms with Crippen LogP contribution in [0.15, 0.2) is 77.6 Å². The number of hydrogen-bond donors (Lipinski definition) is 1. The highest BCUT2D eigenvalue weighted by molar-refractivity contribution is 5.94. The lowest BCUT2D eigenvalue weighted by Gasteiger charge is -2.12. The molecule has 4 aromatic rings. The summed E-state index contributed by atoms with van der Waals surface area (Å²) in [6.45, 7) is 1.95. The highest BCUT2D eigenvalue weighted by Gasteiger charge is 2.30. The van der Waals surface area contributed by atoms with Crippen molar-refractivity contribution in [3.63, 3.8) is 0 Å². The third kappa shape index (κ3) is 4.95. The molecule has 33 heavy (non-hydrogen) atoms. The summed E-state index contributed by atoms with van der Waals surface area (Å²) in [5.41, 5.74) is 1.38. The molecule has 3 aromatic carbocycles. The molecule has 4 rings (SSSR count). The third-order valence-electron chi connectivity index (χ3n) is 5.22. The van der Waals surface area contributed by atoms with E-state index in [0.717, 1.165) is 23.3 Å². The van der Waals surface area contributed by atoms with E-state index in [1.807, 2.05) is 43.3 Å². The van der Waals surface area contributed by atoms with Crippen LogP contribution < -0.4 is 10.9 Å². The minimum atomic E-state index is -4.50. The van der Waals surface area contributed by atoms with E-state index >= 15 is 0 Å². The van der Waals surface area contributed by atoms with E-state index in [1.165, 1.54) is 16.8 Å². The fourth-order valence-electron chi connectivity index (χ4n) is 3.52. The smallest absolute Gasteiger partial charge is 0.326 e. The van der Waals surface area contributed by atoms with Crippen LogP contribution in [-0.2, 0) is 17.5 Å². The van der Waals surface area contributed by atoms with Crippen LogP contribution in [0.5, 0.6) is 0 Å². The highest BCUT2D eigenvalue weighted by Crippen LogP contribution is 2.30. The van der Waals surface area contributed by atoms with E-state index in [4.69, 9.17) is 0 Å². The van der Waals surface area contributed by atoms with Gasteiger partial charge in [-0.15, -0.1) is 0 Å². The molecule has 8 heteroatoms. The Morgan fingerprint density at radius 2 is 1.67 bits per heavy atom. The molecule has 0 aliphatic carbocycles. The number of fused-ring (bicyclic) bond motifs is 1. The zero-order valence-corrected chi connectivity index (χ0v) is 17.7. The third-order valence-corrected chi connectivity index (χ3v) is 5.22. The number of aryl methyl sites for hydroxylation is 2. The molecule has 0 unspecified atom stereocenters. The Kier molecular flexibility index (Phi) is 6.00. The highest BCUT2D eigenvalue weighted by atomic mass is 19.4. The molecule has 0 bridgehead atoms. The molecule has 168 valence electrons. The molecule has 0 saturated carbocycles. The number of carbonyl (C=O) groups is 1. The van der Waals surface area contributed by atoms with Gasteiger partial charge in [0.05, 0.1) is 23.2 Å². The van der Waals surface area contributed by atoms with Crippen molar-refractivity contribution in [1.82, 2.24) is 9.78 Å². The molecule has 0 aliphatic heterocycles. The molecule has 1 heterocycles. The second-order valence-corrected chi connectivity index (χ2v) is 7.67. The lowest BCUT2D eigenvalue weighted by atomic mass is 10.0. The van der Waals surface area contributed by atoms with Gasteiger partial charge in [-0.1, -0.05) is 54.1 Å². The summed E-state index contributed by atoms with van der Waals surface area (Å²) in [6, 6.07) is 19.2. The number of benzene rings is 3. The predicted octanol–water partition coefficient (Wildman–Crippen LogP) is 5.42. The van der Waals surface area contributed by atoms with Crippen LogP contribution >= 0.6 is 0 Å². The van der Waals surface area contributed by atoms with Gasteiger partial charge in [-0.05, 0) is 31.2 Å². The summed E-state index contributed by atoms with van der Waals surface area (Å²) in [5.74, 6) is -0.520. The number of hydrogen-bond acceptors (Lipinski definition) is 3. The van der Waals surface area contributed by atoms with E-state index in [2.05, 4.69) is 10.4 Å². The van der Waals surface area contributed by atoms with Crippen molar-refractivity contribution in [2.45, 2.75) is 26.1 Å². The van der Waals surface area contributed by atoms with E-state index in [-0.39, 0.29) is 24.2 Å². The van der Waals surface area contributed by atoms with Gasteiger partial charge in [0.25, 0.3) is 5.56 Å². The summed E-state index contributed by atoms with van der Waals surface area (Å²) in [6.07, 6.45) is -4.63. The summed E-state index contributed by atoms with van der Waals surface area (Å²) in [4.78, 5) is 25.3. The van der Waals surface area contributed by atoms with Crippen molar-refractivity contribution < 1.29 is 18.0 Å². The molecule has 1 aromatic heterocycles. The maximum atomic E-state index is 12.9. The van der Waals surface area contributed by atoms with Gasteiger partial charge in [-0.3, -0.25) is 9.59 Å². The SMILES string of the molecule is Cc1ccc(-c2nn(CCC(=O)Nc3cccc(C(F)(F)F)c3)c(=O)c3ccccc23)cc1. The average molecular weight is 451 g/mol. The van der Waals surface area contributed by atoms with E-state index < -0.39 is 17.6 Å². The van der Waals surface area contributed by atoms with Crippen molar-refractivity contribution in [1.29, 1.82) is 0 Å². The number of rotatable bonds is 5. The summed E-state index contributed by atoms with van der Waals surface area (Å²) in [5, 5.41) is 8.13. The number of nitrogens with zero attached hydrogens (tertiary/aromatic N) is 2. The Bertz CT molecular complexity index is 1380. The Morgan fingerprint density at radius 1 is 0.970 bits per heavy atom. The van der Waals surface area contributed by atoms with Crippen LogP contribution in [0.1, 0.15) is 17.5 Å². The molecular formula is C25H20F3N3O2.